The maximum Gasteiger partial charge on any atom is 0.0544 e. The molecule has 0 amide bonds. The summed E-state index contributed by atoms with van der Waals surface area (Å²) < 4.78 is 7.61. The van der Waals surface area contributed by atoms with Crippen LogP contribution in [-0.4, -0.2) is 9.13 Å². The molecule has 0 fully saturated rings. The first kappa shape index (κ1) is 31.5. The van der Waals surface area contributed by atoms with Gasteiger partial charge in [0.1, 0.15) is 0 Å². The molecule has 0 saturated heterocycles. The summed E-state index contributed by atoms with van der Waals surface area (Å²) in [7, 11) is 0. The quantitative estimate of drug-likeness (QED) is 0.173. The summed E-state index contributed by atoms with van der Waals surface area (Å²) in [4.78, 5) is 5.42. The van der Waals surface area contributed by atoms with Gasteiger partial charge in [-0.25, -0.2) is 0 Å². The molecule has 8 aromatic carbocycles. The Morgan fingerprint density at radius 2 is 0.893 bits per heavy atom. The molecule has 56 heavy (non-hydrogen) atoms. The molecular weight excluding hydrogens is 737 g/mol. The maximum absolute atomic E-state index is 2.51. The van der Waals surface area contributed by atoms with Gasteiger partial charge in [-0.15, -0.1) is 11.3 Å². The minimum absolute atomic E-state index is 0.135. The molecule has 0 N–H and O–H groups in total. The molecule has 1 aliphatic heterocycles. The Kier molecular flexibility index (Phi) is 6.30. The minimum atomic E-state index is -0.135. The Hall–Kier alpha value is -5.72. The van der Waals surface area contributed by atoms with E-state index in [4.69, 9.17) is 0 Å². The number of hydrogen-bond acceptors (Lipinski definition) is 3. The number of benzene rings is 8. The van der Waals surface area contributed by atoms with Crippen LogP contribution in [0.25, 0.3) is 86.3 Å². The molecule has 4 heterocycles. The van der Waals surface area contributed by atoms with Gasteiger partial charge in [-0.05, 0) is 113 Å². The van der Waals surface area contributed by atoms with E-state index in [1.54, 1.807) is 0 Å². The zero-order valence-electron chi connectivity index (χ0n) is 30.6. The van der Waals surface area contributed by atoms with E-state index in [2.05, 4.69) is 181 Å². The largest absolute Gasteiger partial charge is 0.309 e. The highest BCUT2D eigenvalue weighted by molar-refractivity contribution is 8.05. The fourth-order valence-corrected chi connectivity index (χ4v) is 13.1. The Labute approximate surface area is 336 Å². The van der Waals surface area contributed by atoms with E-state index in [1.165, 1.54) is 117 Å². The SMILES string of the molecule is CC1(C)c2cc3c(cc2-c2cc4c5ccccc5n(-c5ccc6c(c5)c5ccccc5n6-c5ccc6sc7ccccc7c6c5)c4cc21)Sc1ccccc1S3. The highest BCUT2D eigenvalue weighted by Gasteiger charge is 2.38. The Bertz CT molecular complexity index is 3520. The van der Waals surface area contributed by atoms with Crippen molar-refractivity contribution < 1.29 is 0 Å². The van der Waals surface area contributed by atoms with E-state index >= 15 is 0 Å². The number of rotatable bonds is 2. The molecule has 0 spiro atoms. The van der Waals surface area contributed by atoms with E-state index in [0.29, 0.717) is 0 Å². The van der Waals surface area contributed by atoms with Crippen molar-refractivity contribution in [2.45, 2.75) is 38.8 Å². The average molecular weight is 769 g/mol. The van der Waals surface area contributed by atoms with Crippen molar-refractivity contribution >= 4 is 98.6 Å². The van der Waals surface area contributed by atoms with Gasteiger partial charge < -0.3 is 9.13 Å². The van der Waals surface area contributed by atoms with Crippen LogP contribution in [0.2, 0.25) is 0 Å². The highest BCUT2D eigenvalue weighted by atomic mass is 32.2. The molecular formula is C51H32N2S3. The van der Waals surface area contributed by atoms with Crippen molar-refractivity contribution in [3.63, 3.8) is 0 Å². The molecule has 264 valence electrons. The molecule has 13 rings (SSSR count). The molecule has 1 aliphatic carbocycles. The van der Waals surface area contributed by atoms with Crippen molar-refractivity contribution in [2.75, 3.05) is 0 Å². The topological polar surface area (TPSA) is 9.86 Å². The van der Waals surface area contributed by atoms with Gasteiger partial charge in [-0.1, -0.05) is 104 Å². The van der Waals surface area contributed by atoms with Crippen LogP contribution in [0, 0.1) is 0 Å². The van der Waals surface area contributed by atoms with E-state index in [-0.39, 0.29) is 5.41 Å². The van der Waals surface area contributed by atoms with Gasteiger partial charge in [0.25, 0.3) is 0 Å². The lowest BCUT2D eigenvalue weighted by Gasteiger charge is -2.24. The summed E-state index contributed by atoms with van der Waals surface area (Å²) in [5.41, 5.74) is 12.7. The average Bonchev–Trinajstić information content (AvgIpc) is 3.93. The summed E-state index contributed by atoms with van der Waals surface area (Å²) in [6.45, 7) is 4.82. The summed E-state index contributed by atoms with van der Waals surface area (Å²) in [6.07, 6.45) is 0. The third-order valence-corrected chi connectivity index (χ3v) is 16.0. The molecule has 0 saturated carbocycles. The summed E-state index contributed by atoms with van der Waals surface area (Å²) in [6, 6.07) is 59.4. The third-order valence-electron chi connectivity index (χ3n) is 12.4. The van der Waals surface area contributed by atoms with Crippen LogP contribution in [0.1, 0.15) is 25.0 Å². The van der Waals surface area contributed by atoms with Crippen molar-refractivity contribution in [1.82, 2.24) is 9.13 Å². The number of thiophene rings is 1. The summed E-state index contributed by atoms with van der Waals surface area (Å²) in [5, 5.41) is 7.74. The van der Waals surface area contributed by atoms with Crippen LogP contribution < -0.4 is 0 Å². The van der Waals surface area contributed by atoms with Gasteiger partial charge in [0.2, 0.25) is 0 Å². The van der Waals surface area contributed by atoms with Crippen LogP contribution in [0.5, 0.6) is 0 Å². The molecule has 0 atom stereocenters. The second-order valence-corrected chi connectivity index (χ2v) is 19.0. The van der Waals surface area contributed by atoms with Crippen molar-refractivity contribution in [3.05, 3.63) is 169 Å². The molecule has 2 nitrogen and oxygen atoms in total. The summed E-state index contributed by atoms with van der Waals surface area (Å²) >= 11 is 5.69. The van der Waals surface area contributed by atoms with Crippen molar-refractivity contribution in [3.8, 4) is 22.5 Å². The fraction of sp³-hybridized carbons (Fsp3) is 0.0588. The standard InChI is InChI=1S/C51H32N2S3/c1-51(2)39-27-44-37(25-34(39)35-26-49-50(28-40(35)51)56-48-18-10-9-17-47(48)55-49)32-12-4-7-15-42(32)53(44)29-19-21-43-36(23-29)31-11-3-6-14-41(31)52(43)30-20-22-46-38(24-30)33-13-5-8-16-45(33)54-46/h3-28H,1-2H3. The first-order valence-corrected chi connectivity index (χ1v) is 21.6. The molecule has 2 aliphatic rings. The second kappa shape index (κ2) is 11.2. The van der Waals surface area contributed by atoms with E-state index in [9.17, 15) is 0 Å². The predicted octanol–water partition coefficient (Wildman–Crippen LogP) is 15.2. The zero-order chi connectivity index (χ0) is 36.9. The molecule has 11 aromatic rings. The Balaban J connectivity index is 1.02. The molecule has 0 bridgehead atoms. The number of nitrogens with zero attached hydrogens (tertiary/aromatic N) is 2. The van der Waals surface area contributed by atoms with Crippen LogP contribution in [0.15, 0.2) is 177 Å². The first-order valence-electron chi connectivity index (χ1n) is 19.2. The minimum Gasteiger partial charge on any atom is -0.309 e. The summed E-state index contributed by atoms with van der Waals surface area (Å²) in [5.74, 6) is 0. The lowest BCUT2D eigenvalue weighted by molar-refractivity contribution is 0.658. The van der Waals surface area contributed by atoms with Crippen molar-refractivity contribution in [2.24, 2.45) is 0 Å². The number of para-hydroxylation sites is 2. The maximum atomic E-state index is 2.51. The van der Waals surface area contributed by atoms with E-state index in [1.807, 2.05) is 34.9 Å². The van der Waals surface area contributed by atoms with Crippen LogP contribution in [0.4, 0.5) is 0 Å². The molecule has 5 heteroatoms. The van der Waals surface area contributed by atoms with E-state index in [0.717, 1.165) is 0 Å². The normalized spacial score (nSPS) is 14.2. The monoisotopic (exact) mass is 768 g/mol. The van der Waals surface area contributed by atoms with Gasteiger partial charge in [0.05, 0.1) is 22.1 Å². The molecule has 0 radical (unpaired) electrons. The van der Waals surface area contributed by atoms with Gasteiger partial charge in [-0.3, -0.25) is 0 Å². The predicted molar refractivity (Wildman–Crippen MR) is 240 cm³/mol. The first-order chi connectivity index (χ1) is 27.5. The number of hydrogen-bond donors (Lipinski definition) is 0. The number of fused-ring (bicyclic) bond motifs is 14. The third kappa shape index (κ3) is 4.20. The lowest BCUT2D eigenvalue weighted by Crippen LogP contribution is -2.15. The number of aromatic nitrogens is 2. The van der Waals surface area contributed by atoms with Gasteiger partial charge in [-0.2, -0.15) is 0 Å². The van der Waals surface area contributed by atoms with Crippen LogP contribution >= 0.6 is 34.9 Å². The van der Waals surface area contributed by atoms with Gasteiger partial charge in [0.15, 0.2) is 0 Å². The second-order valence-electron chi connectivity index (χ2n) is 15.7. The van der Waals surface area contributed by atoms with Crippen LogP contribution in [0.3, 0.4) is 0 Å². The highest BCUT2D eigenvalue weighted by Crippen LogP contribution is 2.56. The van der Waals surface area contributed by atoms with E-state index < -0.39 is 0 Å². The molecule has 3 aromatic heterocycles. The lowest BCUT2D eigenvalue weighted by atomic mass is 9.82. The Morgan fingerprint density at radius 1 is 0.375 bits per heavy atom. The zero-order valence-corrected chi connectivity index (χ0v) is 33.1. The Morgan fingerprint density at radius 3 is 1.64 bits per heavy atom. The smallest absolute Gasteiger partial charge is 0.0544 e. The van der Waals surface area contributed by atoms with Gasteiger partial charge >= 0.3 is 0 Å². The van der Waals surface area contributed by atoms with Gasteiger partial charge in [0, 0.05) is 78.1 Å². The molecule has 0 unspecified atom stereocenters. The van der Waals surface area contributed by atoms with Crippen LogP contribution in [-0.2, 0) is 5.41 Å². The fourth-order valence-electron chi connectivity index (χ4n) is 9.72. The van der Waals surface area contributed by atoms with Crippen molar-refractivity contribution in [1.29, 1.82) is 0 Å².